The number of likely N-dealkylation sites (N-methyl/N-ethyl adjacent to an activating group) is 1. The Morgan fingerprint density at radius 3 is 2.69 bits per heavy atom. The van der Waals surface area contributed by atoms with Crippen LogP contribution in [0.2, 0.25) is 0 Å². The molecule has 0 saturated heterocycles. The molecule has 154 valence electrons. The van der Waals surface area contributed by atoms with E-state index in [-0.39, 0.29) is 18.6 Å². The number of fused-ring (bicyclic) bond motifs is 1. The maximum absolute atomic E-state index is 13.1. The molecular weight excluding hydrogens is 436 g/mol. The van der Waals surface area contributed by atoms with Crippen LogP contribution in [0.3, 0.4) is 0 Å². The van der Waals surface area contributed by atoms with Crippen molar-refractivity contribution in [2.45, 2.75) is 39.3 Å². The number of halogens is 1. The highest BCUT2D eigenvalue weighted by Crippen LogP contribution is 2.32. The first kappa shape index (κ1) is 21.2. The monoisotopic (exact) mass is 460 g/mol. The minimum Gasteiger partial charge on any atom is -0.454 e. The normalized spacial score (nSPS) is 13.1. The van der Waals surface area contributed by atoms with Crippen LogP contribution in [0.25, 0.3) is 0 Å². The highest BCUT2D eigenvalue weighted by molar-refractivity contribution is 9.10. The van der Waals surface area contributed by atoms with Crippen molar-refractivity contribution in [1.29, 1.82) is 0 Å². The Labute approximate surface area is 179 Å². The van der Waals surface area contributed by atoms with Gasteiger partial charge < -0.3 is 19.7 Å². The summed E-state index contributed by atoms with van der Waals surface area (Å²) in [5, 5.41) is 2.81. The Morgan fingerprint density at radius 1 is 1.14 bits per heavy atom. The van der Waals surface area contributed by atoms with Crippen LogP contribution >= 0.6 is 15.9 Å². The van der Waals surface area contributed by atoms with Crippen LogP contribution in [0.4, 0.5) is 0 Å². The van der Waals surface area contributed by atoms with E-state index in [1.165, 1.54) is 0 Å². The molecule has 0 radical (unpaired) electrons. The fourth-order valence-electron chi connectivity index (χ4n) is 3.23. The second kappa shape index (κ2) is 9.78. The second-order valence-corrected chi connectivity index (χ2v) is 7.83. The molecule has 1 heterocycles. The molecule has 29 heavy (non-hydrogen) atoms. The molecule has 3 rings (SSSR count). The number of carbonyl (C=O) groups excluding carboxylic acids is 2. The summed E-state index contributed by atoms with van der Waals surface area (Å²) < 4.78 is 11.7. The number of hydrogen-bond donors (Lipinski definition) is 1. The van der Waals surface area contributed by atoms with Crippen LogP contribution in [0, 0.1) is 0 Å². The van der Waals surface area contributed by atoms with Gasteiger partial charge in [0.05, 0.1) is 0 Å². The zero-order chi connectivity index (χ0) is 20.8. The van der Waals surface area contributed by atoms with E-state index in [4.69, 9.17) is 9.47 Å². The van der Waals surface area contributed by atoms with Gasteiger partial charge in [-0.1, -0.05) is 34.1 Å². The van der Waals surface area contributed by atoms with Gasteiger partial charge in [-0.2, -0.15) is 0 Å². The molecule has 0 aromatic heterocycles. The molecule has 2 aromatic carbocycles. The van der Waals surface area contributed by atoms with Crippen molar-refractivity contribution >= 4 is 27.7 Å². The predicted octanol–water partition coefficient (Wildman–Crippen LogP) is 3.66. The Balaban J connectivity index is 1.71. The molecule has 0 spiro atoms. The van der Waals surface area contributed by atoms with Crippen molar-refractivity contribution < 1.29 is 19.1 Å². The van der Waals surface area contributed by atoms with E-state index in [9.17, 15) is 9.59 Å². The number of nitrogens with one attached hydrogen (secondary N) is 1. The third-order valence-electron chi connectivity index (χ3n) is 4.82. The Kier molecular flexibility index (Phi) is 7.14. The molecule has 0 saturated carbocycles. The van der Waals surface area contributed by atoms with E-state index >= 15 is 0 Å². The smallest absolute Gasteiger partial charge is 0.242 e. The Hall–Kier alpha value is -2.54. The summed E-state index contributed by atoms with van der Waals surface area (Å²) in [6.07, 6.45) is 0.865. The Morgan fingerprint density at radius 2 is 1.93 bits per heavy atom. The summed E-state index contributed by atoms with van der Waals surface area (Å²) >= 11 is 3.46. The first-order chi connectivity index (χ1) is 14.0. The summed E-state index contributed by atoms with van der Waals surface area (Å²) in [5.41, 5.74) is 1.96. The van der Waals surface area contributed by atoms with Crippen molar-refractivity contribution in [3.8, 4) is 11.5 Å². The van der Waals surface area contributed by atoms with Crippen molar-refractivity contribution in [2.24, 2.45) is 0 Å². The minimum atomic E-state index is -0.557. The number of benzene rings is 2. The SMILES string of the molecule is CCNC(=O)[C@@H](C)N(Cc1cccc(Br)c1)C(=O)CCc1ccc2c(c1)OCO2. The van der Waals surface area contributed by atoms with Crippen molar-refractivity contribution in [2.75, 3.05) is 13.3 Å². The third kappa shape index (κ3) is 5.50. The van der Waals surface area contributed by atoms with Gasteiger partial charge in [-0.15, -0.1) is 0 Å². The summed E-state index contributed by atoms with van der Waals surface area (Å²) in [6.45, 7) is 4.76. The fourth-order valence-corrected chi connectivity index (χ4v) is 3.67. The maximum Gasteiger partial charge on any atom is 0.242 e. The number of nitrogens with zero attached hydrogens (tertiary/aromatic N) is 1. The number of amides is 2. The summed E-state index contributed by atoms with van der Waals surface area (Å²) in [4.78, 5) is 27.1. The minimum absolute atomic E-state index is 0.0682. The number of ether oxygens (including phenoxy) is 2. The van der Waals surface area contributed by atoms with Gasteiger partial charge in [0.2, 0.25) is 18.6 Å². The van der Waals surface area contributed by atoms with E-state index in [1.807, 2.05) is 49.4 Å². The van der Waals surface area contributed by atoms with Gasteiger partial charge >= 0.3 is 0 Å². The van der Waals surface area contributed by atoms with Crippen molar-refractivity contribution in [3.05, 3.63) is 58.1 Å². The van der Waals surface area contributed by atoms with E-state index in [0.717, 1.165) is 21.3 Å². The number of rotatable bonds is 8. The van der Waals surface area contributed by atoms with Crippen LogP contribution in [-0.2, 0) is 22.6 Å². The average molecular weight is 461 g/mol. The van der Waals surface area contributed by atoms with E-state index in [2.05, 4.69) is 21.2 Å². The molecule has 7 heteroatoms. The van der Waals surface area contributed by atoms with Crippen molar-refractivity contribution in [3.63, 3.8) is 0 Å². The number of carbonyl (C=O) groups is 2. The molecule has 0 bridgehead atoms. The zero-order valence-corrected chi connectivity index (χ0v) is 18.2. The molecule has 0 fully saturated rings. The van der Waals surface area contributed by atoms with E-state index in [0.29, 0.717) is 31.7 Å². The molecule has 0 unspecified atom stereocenters. The van der Waals surface area contributed by atoms with E-state index < -0.39 is 6.04 Å². The molecule has 6 nitrogen and oxygen atoms in total. The maximum atomic E-state index is 13.1. The first-order valence-corrected chi connectivity index (χ1v) is 10.5. The lowest BCUT2D eigenvalue weighted by atomic mass is 10.1. The molecule has 0 aliphatic carbocycles. The third-order valence-corrected chi connectivity index (χ3v) is 5.32. The number of hydrogen-bond acceptors (Lipinski definition) is 4. The zero-order valence-electron chi connectivity index (χ0n) is 16.6. The lowest BCUT2D eigenvalue weighted by Gasteiger charge is -2.29. The summed E-state index contributed by atoms with van der Waals surface area (Å²) in [7, 11) is 0. The van der Waals surface area contributed by atoms with Gasteiger partial charge in [-0.25, -0.2) is 0 Å². The Bertz CT molecular complexity index is 887. The van der Waals surface area contributed by atoms with Crippen molar-refractivity contribution in [1.82, 2.24) is 10.2 Å². The average Bonchev–Trinajstić information content (AvgIpc) is 3.18. The van der Waals surface area contributed by atoms with Gasteiger partial charge in [-0.3, -0.25) is 9.59 Å². The standard InChI is InChI=1S/C22H25BrN2O4/c1-3-24-22(27)15(2)25(13-17-5-4-6-18(23)11-17)21(26)10-8-16-7-9-19-20(12-16)29-14-28-19/h4-7,9,11-12,15H,3,8,10,13-14H2,1-2H3,(H,24,27)/t15-/m1/s1. The number of aryl methyl sites for hydroxylation is 1. The van der Waals surface area contributed by atoms with Crippen LogP contribution < -0.4 is 14.8 Å². The molecule has 2 amide bonds. The fraction of sp³-hybridized carbons (Fsp3) is 0.364. The summed E-state index contributed by atoms with van der Waals surface area (Å²) in [5.74, 6) is 1.21. The molecule has 1 N–H and O–H groups in total. The second-order valence-electron chi connectivity index (χ2n) is 6.91. The molecular formula is C22H25BrN2O4. The van der Waals surface area contributed by atoms with Crippen LogP contribution in [0.1, 0.15) is 31.4 Å². The highest BCUT2D eigenvalue weighted by Gasteiger charge is 2.25. The van der Waals surface area contributed by atoms with Gasteiger partial charge in [0.15, 0.2) is 11.5 Å². The quantitative estimate of drug-likeness (QED) is 0.652. The van der Waals surface area contributed by atoms with Gasteiger partial charge in [0, 0.05) is 24.0 Å². The van der Waals surface area contributed by atoms with Gasteiger partial charge in [0.25, 0.3) is 0 Å². The first-order valence-electron chi connectivity index (χ1n) is 9.68. The lowest BCUT2D eigenvalue weighted by Crippen LogP contribution is -2.47. The van der Waals surface area contributed by atoms with Gasteiger partial charge in [0.1, 0.15) is 6.04 Å². The summed E-state index contributed by atoms with van der Waals surface area (Å²) in [6, 6.07) is 12.9. The largest absolute Gasteiger partial charge is 0.454 e. The van der Waals surface area contributed by atoms with E-state index in [1.54, 1.807) is 11.8 Å². The molecule has 1 aliphatic rings. The molecule has 1 aliphatic heterocycles. The van der Waals surface area contributed by atoms with Crippen LogP contribution in [0.15, 0.2) is 46.9 Å². The molecule has 1 atom stereocenters. The van der Waals surface area contributed by atoms with Crippen LogP contribution in [0.5, 0.6) is 11.5 Å². The highest BCUT2D eigenvalue weighted by atomic mass is 79.9. The van der Waals surface area contributed by atoms with Crippen LogP contribution in [-0.4, -0.2) is 36.1 Å². The molecule has 2 aromatic rings. The lowest BCUT2D eigenvalue weighted by molar-refractivity contribution is -0.140. The predicted molar refractivity (Wildman–Crippen MR) is 114 cm³/mol. The van der Waals surface area contributed by atoms with Gasteiger partial charge in [-0.05, 0) is 55.7 Å². The topological polar surface area (TPSA) is 67.9 Å².